The summed E-state index contributed by atoms with van der Waals surface area (Å²) in [4.78, 5) is 48.9. The van der Waals surface area contributed by atoms with E-state index in [1.807, 2.05) is 0 Å². The molecule has 2 aliphatic heterocycles. The number of fused-ring (bicyclic) bond motifs is 1. The number of amides is 4. The van der Waals surface area contributed by atoms with Gasteiger partial charge in [-0.25, -0.2) is 19.7 Å². The number of rotatable bonds is 5. The summed E-state index contributed by atoms with van der Waals surface area (Å²) >= 11 is 0.826. The van der Waals surface area contributed by atoms with Crippen molar-refractivity contribution in [2.75, 3.05) is 6.61 Å². The topological polar surface area (TPSA) is 189 Å². The number of urea groups is 1. The fraction of sp³-hybridized carbons (Fsp3) is 0.500. The highest BCUT2D eigenvalue weighted by Gasteiger charge is 2.51. The van der Waals surface area contributed by atoms with Gasteiger partial charge in [0.25, 0.3) is 11.8 Å². The summed E-state index contributed by atoms with van der Waals surface area (Å²) in [5, 5.41) is 33.9. The lowest BCUT2D eigenvalue weighted by molar-refractivity contribution is -0.133. The van der Waals surface area contributed by atoms with Crippen LogP contribution in [0.15, 0.2) is 17.7 Å². The molecule has 14 heteroatoms. The largest absolute Gasteiger partial charge is 0.394 e. The first-order valence-electron chi connectivity index (χ1n) is 8.98. The van der Waals surface area contributed by atoms with Crippen molar-refractivity contribution in [3.8, 4) is 0 Å². The molecule has 0 saturated carbocycles. The van der Waals surface area contributed by atoms with Crippen molar-refractivity contribution in [1.29, 1.82) is 0 Å². The number of carbonyl (C=O) groups excluding carboxylic acids is 3. The summed E-state index contributed by atoms with van der Waals surface area (Å²) in [5.41, 5.74) is 0.451. The van der Waals surface area contributed by atoms with Crippen molar-refractivity contribution < 1.29 is 34.4 Å². The molecule has 0 bridgehead atoms. The maximum Gasteiger partial charge on any atom is 0.328 e. The summed E-state index contributed by atoms with van der Waals surface area (Å²) in [6.07, 6.45) is -2.10. The van der Waals surface area contributed by atoms with Crippen LogP contribution < -0.4 is 10.6 Å². The smallest absolute Gasteiger partial charge is 0.328 e. The van der Waals surface area contributed by atoms with Crippen LogP contribution in [0.25, 0.3) is 11.2 Å². The Morgan fingerprint density at radius 3 is 2.47 bits per heavy atom. The minimum atomic E-state index is -1.64. The van der Waals surface area contributed by atoms with Crippen LogP contribution in [0.2, 0.25) is 0 Å². The summed E-state index contributed by atoms with van der Waals surface area (Å²) in [5.74, 6) is -1.53. The quantitative estimate of drug-likeness (QED) is 0.257. The molecule has 2 aromatic heterocycles. The van der Waals surface area contributed by atoms with Gasteiger partial charge in [-0.1, -0.05) is 18.7 Å². The maximum atomic E-state index is 12.5. The number of barbiturate groups is 1. The molecule has 0 unspecified atom stereocenters. The Bertz CT molecular complexity index is 1010. The Balaban J connectivity index is 1.72. The van der Waals surface area contributed by atoms with Gasteiger partial charge in [-0.05, 0) is 6.42 Å². The summed E-state index contributed by atoms with van der Waals surface area (Å²) < 4.78 is 5.23. The fourth-order valence-corrected chi connectivity index (χ4v) is 4.50. The van der Waals surface area contributed by atoms with E-state index < -0.39 is 53.7 Å². The highest BCUT2D eigenvalue weighted by molar-refractivity contribution is 8.02. The predicted octanol–water partition coefficient (Wildman–Crippen LogP) is -1.96. The SMILES string of the molecule is CCC1(Sc2ncnc3c2ncn3[C@@H]2O[C@@H](CO)[C@@H](O)[C@H]2O)C(=O)NC(=O)NC1=O. The van der Waals surface area contributed by atoms with Crippen LogP contribution in [0.5, 0.6) is 0 Å². The predicted molar refractivity (Wildman–Crippen MR) is 98.9 cm³/mol. The van der Waals surface area contributed by atoms with Gasteiger partial charge in [0, 0.05) is 0 Å². The Kier molecular flexibility index (Phi) is 5.19. The average Bonchev–Trinajstić information content (AvgIpc) is 3.26. The molecule has 4 atom stereocenters. The van der Waals surface area contributed by atoms with Crippen molar-refractivity contribution in [1.82, 2.24) is 30.2 Å². The maximum absolute atomic E-state index is 12.5. The second kappa shape index (κ2) is 7.55. The molecule has 4 amide bonds. The third-order valence-electron chi connectivity index (χ3n) is 5.07. The van der Waals surface area contributed by atoms with E-state index >= 15 is 0 Å². The molecule has 0 radical (unpaired) electrons. The molecule has 2 fully saturated rings. The second-order valence-electron chi connectivity index (χ2n) is 6.75. The number of carbonyl (C=O) groups is 3. The van der Waals surface area contributed by atoms with Crippen LogP contribution in [-0.4, -0.2) is 82.3 Å². The van der Waals surface area contributed by atoms with Gasteiger partial charge in [-0.3, -0.25) is 24.8 Å². The van der Waals surface area contributed by atoms with Crippen molar-refractivity contribution >= 4 is 40.8 Å². The number of ether oxygens (including phenoxy) is 1. The van der Waals surface area contributed by atoms with Gasteiger partial charge >= 0.3 is 6.03 Å². The van der Waals surface area contributed by atoms with Crippen molar-refractivity contribution in [3.63, 3.8) is 0 Å². The number of hydrogen-bond acceptors (Lipinski definition) is 11. The van der Waals surface area contributed by atoms with Crippen LogP contribution in [0.1, 0.15) is 19.6 Å². The second-order valence-corrected chi connectivity index (χ2v) is 8.04. The van der Waals surface area contributed by atoms with E-state index in [1.54, 1.807) is 6.92 Å². The molecule has 30 heavy (non-hydrogen) atoms. The third kappa shape index (κ3) is 3.04. The summed E-state index contributed by atoms with van der Waals surface area (Å²) in [7, 11) is 0. The van der Waals surface area contributed by atoms with E-state index in [2.05, 4.69) is 25.6 Å². The van der Waals surface area contributed by atoms with Gasteiger partial charge in [0.15, 0.2) is 16.6 Å². The number of imidazole rings is 1. The van der Waals surface area contributed by atoms with Crippen LogP contribution in [0.4, 0.5) is 4.79 Å². The Hall–Kier alpha value is -2.65. The number of hydrogen-bond donors (Lipinski definition) is 5. The Morgan fingerprint density at radius 2 is 1.87 bits per heavy atom. The summed E-state index contributed by atoms with van der Waals surface area (Å²) in [6.45, 7) is 1.14. The van der Waals surface area contributed by atoms with E-state index in [9.17, 15) is 29.7 Å². The molecule has 2 aromatic rings. The van der Waals surface area contributed by atoms with Gasteiger partial charge < -0.3 is 20.1 Å². The molecule has 0 aromatic carbocycles. The van der Waals surface area contributed by atoms with Gasteiger partial charge in [-0.15, -0.1) is 0 Å². The molecule has 4 heterocycles. The zero-order valence-corrected chi connectivity index (χ0v) is 16.4. The van der Waals surface area contributed by atoms with Crippen molar-refractivity contribution in [3.05, 3.63) is 12.7 Å². The van der Waals surface area contributed by atoms with E-state index in [0.29, 0.717) is 0 Å². The molecule has 5 N–H and O–H groups in total. The van der Waals surface area contributed by atoms with E-state index in [0.717, 1.165) is 11.8 Å². The fourth-order valence-electron chi connectivity index (χ4n) is 3.39. The summed E-state index contributed by atoms with van der Waals surface area (Å²) in [6, 6.07) is -0.892. The van der Waals surface area contributed by atoms with E-state index in [4.69, 9.17) is 4.74 Å². The zero-order valence-electron chi connectivity index (χ0n) is 15.6. The molecule has 0 aliphatic carbocycles. The van der Waals surface area contributed by atoms with E-state index in [1.165, 1.54) is 17.2 Å². The Labute approximate surface area is 172 Å². The minimum Gasteiger partial charge on any atom is -0.394 e. The number of aromatic nitrogens is 4. The first-order chi connectivity index (χ1) is 14.3. The number of aliphatic hydroxyl groups excluding tert-OH is 3. The Morgan fingerprint density at radius 1 is 1.17 bits per heavy atom. The van der Waals surface area contributed by atoms with Crippen LogP contribution in [0.3, 0.4) is 0 Å². The lowest BCUT2D eigenvalue weighted by Crippen LogP contribution is -2.64. The van der Waals surface area contributed by atoms with Gasteiger partial charge in [0.2, 0.25) is 0 Å². The number of nitrogens with one attached hydrogen (secondary N) is 2. The molecule has 0 spiro atoms. The molecule has 13 nitrogen and oxygen atoms in total. The van der Waals surface area contributed by atoms with Crippen LogP contribution in [-0.2, 0) is 14.3 Å². The first kappa shape index (κ1) is 20.6. The average molecular weight is 438 g/mol. The van der Waals surface area contributed by atoms with Crippen molar-refractivity contribution in [2.45, 2.75) is 47.7 Å². The molecular formula is C16H18N6O7S. The molecule has 4 rings (SSSR count). The standard InChI is InChI=1S/C16H18N6O7S/c1-2-16(13(26)20-15(28)21-14(16)27)30-11-7-10(17-4-18-11)22(5-19-7)12-9(25)8(24)6(3-23)29-12/h4-6,8-9,12,23-25H,2-3H2,1H3,(H2,20,21,26,27,28)/t6-,8+,9+,12+/m0/s1. The lowest BCUT2D eigenvalue weighted by atomic mass is 10.0. The van der Waals surface area contributed by atoms with Crippen LogP contribution in [0, 0.1) is 0 Å². The minimum absolute atomic E-state index is 0.0731. The van der Waals surface area contributed by atoms with E-state index in [-0.39, 0.29) is 22.6 Å². The third-order valence-corrected chi connectivity index (χ3v) is 6.57. The van der Waals surface area contributed by atoms with Gasteiger partial charge in [0.1, 0.15) is 35.2 Å². The molecule has 2 aliphatic rings. The highest BCUT2D eigenvalue weighted by atomic mass is 32.2. The molecule has 2 saturated heterocycles. The highest BCUT2D eigenvalue weighted by Crippen LogP contribution is 2.39. The van der Waals surface area contributed by atoms with Crippen LogP contribution >= 0.6 is 11.8 Å². The number of nitrogens with zero attached hydrogens (tertiary/aromatic N) is 4. The van der Waals surface area contributed by atoms with Crippen molar-refractivity contribution in [2.24, 2.45) is 0 Å². The molecular weight excluding hydrogens is 420 g/mol. The number of imide groups is 2. The lowest BCUT2D eigenvalue weighted by Gasteiger charge is -2.31. The first-order valence-corrected chi connectivity index (χ1v) is 9.80. The normalized spacial score (nSPS) is 28.6. The number of thioether (sulfide) groups is 1. The zero-order chi connectivity index (χ0) is 21.6. The van der Waals surface area contributed by atoms with Gasteiger partial charge in [-0.2, -0.15) is 0 Å². The van der Waals surface area contributed by atoms with Gasteiger partial charge in [0.05, 0.1) is 12.9 Å². The number of aliphatic hydroxyl groups is 3. The molecule has 160 valence electrons. The monoisotopic (exact) mass is 438 g/mol.